The van der Waals surface area contributed by atoms with Crippen molar-refractivity contribution >= 4 is 23.3 Å². The normalized spacial score (nSPS) is 13.8. The molecule has 2 aromatic carbocycles. The van der Waals surface area contributed by atoms with Crippen LogP contribution in [0.2, 0.25) is 5.02 Å². The molecule has 0 atom stereocenters. The van der Waals surface area contributed by atoms with Gasteiger partial charge in [-0.2, -0.15) is 18.3 Å². The van der Waals surface area contributed by atoms with Crippen LogP contribution in [0.15, 0.2) is 55.1 Å². The molecule has 0 unspecified atom stereocenters. The maximum Gasteiger partial charge on any atom is 0.490 e. The summed E-state index contributed by atoms with van der Waals surface area (Å²) in [6.45, 7) is 4.47. The van der Waals surface area contributed by atoms with Crippen LogP contribution < -0.4 is 15.0 Å². The van der Waals surface area contributed by atoms with Gasteiger partial charge in [0.25, 0.3) is 0 Å². The SMILES string of the molecule is Clc1ccc(COc2cccc(N3CCNCC3)c2)c(-n2cncn2)c1.O=C(O)C(F)(F)F. The second-order valence-corrected chi connectivity index (χ2v) is 7.38. The molecule has 0 aliphatic carbocycles. The third kappa shape index (κ3) is 7.09. The zero-order valence-electron chi connectivity index (χ0n) is 17.3. The number of carboxylic acids is 1. The van der Waals surface area contributed by atoms with Gasteiger partial charge in [-0.15, -0.1) is 0 Å². The highest BCUT2D eigenvalue weighted by Crippen LogP contribution is 2.24. The van der Waals surface area contributed by atoms with E-state index in [1.807, 2.05) is 30.3 Å². The number of carbonyl (C=O) groups is 1. The lowest BCUT2D eigenvalue weighted by molar-refractivity contribution is -0.192. The molecule has 0 spiro atoms. The number of carboxylic acid groups (broad SMARTS) is 1. The summed E-state index contributed by atoms with van der Waals surface area (Å²) in [5.41, 5.74) is 3.05. The summed E-state index contributed by atoms with van der Waals surface area (Å²) in [6, 6.07) is 13.9. The standard InChI is InChI=1S/C19H20ClN5O.C2HF3O2/c20-16-5-4-15(19(10-16)25-14-22-13-23-25)12-26-18-3-1-2-17(11-18)24-8-6-21-7-9-24;3-2(4,5)1(6)7/h1-5,10-11,13-14,21H,6-9,12H2;(H,6,7). The molecule has 2 heterocycles. The first-order valence-electron chi connectivity index (χ1n) is 9.86. The first-order chi connectivity index (χ1) is 15.7. The van der Waals surface area contributed by atoms with E-state index in [0.29, 0.717) is 11.6 Å². The van der Waals surface area contributed by atoms with Gasteiger partial charge in [0.05, 0.1) is 5.69 Å². The lowest BCUT2D eigenvalue weighted by Gasteiger charge is -2.29. The minimum absolute atomic E-state index is 0.428. The summed E-state index contributed by atoms with van der Waals surface area (Å²) in [5, 5.41) is 15.3. The Balaban J connectivity index is 0.000000383. The van der Waals surface area contributed by atoms with Gasteiger partial charge in [0.1, 0.15) is 25.0 Å². The van der Waals surface area contributed by atoms with Gasteiger partial charge in [-0.3, -0.25) is 0 Å². The van der Waals surface area contributed by atoms with Crippen molar-refractivity contribution in [2.45, 2.75) is 12.8 Å². The predicted molar refractivity (Wildman–Crippen MR) is 116 cm³/mol. The second kappa shape index (κ2) is 11.0. The van der Waals surface area contributed by atoms with Gasteiger partial charge in [0.15, 0.2) is 0 Å². The van der Waals surface area contributed by atoms with Gasteiger partial charge in [-0.05, 0) is 24.3 Å². The van der Waals surface area contributed by atoms with Crippen LogP contribution in [-0.2, 0) is 11.4 Å². The zero-order chi connectivity index (χ0) is 23.8. The Morgan fingerprint density at radius 1 is 1.18 bits per heavy atom. The molecule has 0 bridgehead atoms. The molecular formula is C21H21ClF3N5O3. The molecule has 1 aliphatic rings. The molecule has 176 valence electrons. The predicted octanol–water partition coefficient (Wildman–Crippen LogP) is 3.54. The van der Waals surface area contributed by atoms with Crippen LogP contribution in [0.25, 0.3) is 5.69 Å². The molecule has 12 heteroatoms. The molecule has 0 amide bonds. The van der Waals surface area contributed by atoms with Crippen LogP contribution in [0, 0.1) is 0 Å². The lowest BCUT2D eigenvalue weighted by Crippen LogP contribution is -2.43. The van der Waals surface area contributed by atoms with Crippen molar-refractivity contribution < 1.29 is 27.8 Å². The molecule has 1 aromatic heterocycles. The average molecular weight is 484 g/mol. The van der Waals surface area contributed by atoms with E-state index >= 15 is 0 Å². The largest absolute Gasteiger partial charge is 0.490 e. The van der Waals surface area contributed by atoms with Crippen molar-refractivity contribution in [1.82, 2.24) is 20.1 Å². The van der Waals surface area contributed by atoms with E-state index in [2.05, 4.69) is 32.4 Å². The molecule has 3 aromatic rings. The number of alkyl halides is 3. The number of hydrogen-bond acceptors (Lipinski definition) is 6. The summed E-state index contributed by atoms with van der Waals surface area (Å²) in [7, 11) is 0. The number of nitrogens with one attached hydrogen (secondary N) is 1. The summed E-state index contributed by atoms with van der Waals surface area (Å²) in [5.74, 6) is -1.91. The Kier molecular flexibility index (Phi) is 8.12. The number of nitrogens with zero attached hydrogens (tertiary/aromatic N) is 4. The molecule has 0 saturated carbocycles. The van der Waals surface area contributed by atoms with Gasteiger partial charge < -0.3 is 20.1 Å². The van der Waals surface area contributed by atoms with E-state index < -0.39 is 12.1 Å². The number of aromatic nitrogens is 3. The topological polar surface area (TPSA) is 92.5 Å². The highest BCUT2D eigenvalue weighted by Gasteiger charge is 2.38. The number of benzene rings is 2. The van der Waals surface area contributed by atoms with Crippen molar-refractivity contribution in [2.75, 3.05) is 31.1 Å². The Morgan fingerprint density at radius 3 is 2.55 bits per heavy atom. The van der Waals surface area contributed by atoms with Crippen molar-refractivity contribution in [3.8, 4) is 11.4 Å². The highest BCUT2D eigenvalue weighted by molar-refractivity contribution is 6.30. The first kappa shape index (κ1) is 24.3. The molecule has 2 N–H and O–H groups in total. The highest BCUT2D eigenvalue weighted by atomic mass is 35.5. The average Bonchev–Trinajstić information content (AvgIpc) is 3.34. The first-order valence-corrected chi connectivity index (χ1v) is 10.2. The number of ether oxygens (including phenoxy) is 1. The number of hydrogen-bond donors (Lipinski definition) is 2. The van der Waals surface area contributed by atoms with E-state index in [1.54, 1.807) is 11.0 Å². The fraction of sp³-hybridized carbons (Fsp3) is 0.286. The van der Waals surface area contributed by atoms with E-state index in [4.69, 9.17) is 26.2 Å². The van der Waals surface area contributed by atoms with Crippen LogP contribution in [0.4, 0.5) is 18.9 Å². The Bertz CT molecular complexity index is 1060. The van der Waals surface area contributed by atoms with Gasteiger partial charge in [-0.25, -0.2) is 14.5 Å². The molecule has 4 rings (SSSR count). The minimum atomic E-state index is -5.08. The molecule has 1 aliphatic heterocycles. The third-order valence-corrected chi connectivity index (χ3v) is 4.88. The number of rotatable bonds is 5. The van der Waals surface area contributed by atoms with Crippen molar-refractivity contribution in [2.24, 2.45) is 0 Å². The summed E-state index contributed by atoms with van der Waals surface area (Å²) >= 11 is 6.14. The van der Waals surface area contributed by atoms with Gasteiger partial charge in [-0.1, -0.05) is 23.7 Å². The molecule has 33 heavy (non-hydrogen) atoms. The molecular weight excluding hydrogens is 463 g/mol. The van der Waals surface area contributed by atoms with Crippen LogP contribution in [-0.4, -0.2) is 58.2 Å². The van der Waals surface area contributed by atoms with Crippen molar-refractivity contribution in [1.29, 1.82) is 0 Å². The number of anilines is 1. The maximum atomic E-state index is 10.6. The quantitative estimate of drug-likeness (QED) is 0.573. The number of halogens is 4. The Morgan fingerprint density at radius 2 is 1.91 bits per heavy atom. The number of piperazine rings is 1. The van der Waals surface area contributed by atoms with Crippen LogP contribution in [0.1, 0.15) is 5.56 Å². The van der Waals surface area contributed by atoms with E-state index in [-0.39, 0.29) is 0 Å². The number of aliphatic carboxylic acids is 1. The van der Waals surface area contributed by atoms with Gasteiger partial charge >= 0.3 is 12.1 Å². The van der Waals surface area contributed by atoms with Crippen molar-refractivity contribution in [3.05, 3.63) is 65.7 Å². The zero-order valence-corrected chi connectivity index (χ0v) is 18.1. The maximum absolute atomic E-state index is 10.6. The monoisotopic (exact) mass is 483 g/mol. The molecule has 1 saturated heterocycles. The van der Waals surface area contributed by atoms with Gasteiger partial charge in [0, 0.05) is 48.5 Å². The van der Waals surface area contributed by atoms with Crippen molar-refractivity contribution in [3.63, 3.8) is 0 Å². The molecule has 0 radical (unpaired) electrons. The summed E-state index contributed by atoms with van der Waals surface area (Å²) in [4.78, 5) is 15.3. The lowest BCUT2D eigenvalue weighted by atomic mass is 10.2. The van der Waals surface area contributed by atoms with E-state index in [0.717, 1.165) is 43.2 Å². The van der Waals surface area contributed by atoms with Crippen LogP contribution >= 0.6 is 11.6 Å². The van der Waals surface area contributed by atoms with Crippen LogP contribution in [0.5, 0.6) is 5.75 Å². The Labute approximate surface area is 192 Å². The Hall–Kier alpha value is -3.31. The fourth-order valence-electron chi connectivity index (χ4n) is 3.06. The third-order valence-electron chi connectivity index (χ3n) is 4.65. The fourth-order valence-corrected chi connectivity index (χ4v) is 3.23. The molecule has 1 fully saturated rings. The summed E-state index contributed by atoms with van der Waals surface area (Å²) in [6.07, 6.45) is -1.93. The minimum Gasteiger partial charge on any atom is -0.489 e. The summed E-state index contributed by atoms with van der Waals surface area (Å²) < 4.78 is 39.5. The second-order valence-electron chi connectivity index (χ2n) is 6.94. The smallest absolute Gasteiger partial charge is 0.489 e. The van der Waals surface area contributed by atoms with Gasteiger partial charge in [0.2, 0.25) is 0 Å². The van der Waals surface area contributed by atoms with E-state index in [1.165, 1.54) is 12.0 Å². The van der Waals surface area contributed by atoms with E-state index in [9.17, 15) is 13.2 Å². The molecule has 8 nitrogen and oxygen atoms in total. The van der Waals surface area contributed by atoms with Crippen LogP contribution in [0.3, 0.4) is 0 Å².